The van der Waals surface area contributed by atoms with E-state index in [-0.39, 0.29) is 12.3 Å². The van der Waals surface area contributed by atoms with Crippen LogP contribution in [0.3, 0.4) is 0 Å². The number of hydrogen-bond acceptors (Lipinski definition) is 2. The molecule has 1 atom stereocenters. The summed E-state index contributed by atoms with van der Waals surface area (Å²) in [6.45, 7) is 0.452. The SMILES string of the molecule is CC(NC(=O)CC1CCC1)(C(=O)O)C(F)(F)F. The second-order valence-electron chi connectivity index (χ2n) is 4.48. The molecule has 0 aromatic carbocycles. The van der Waals surface area contributed by atoms with Gasteiger partial charge in [0.2, 0.25) is 11.4 Å². The summed E-state index contributed by atoms with van der Waals surface area (Å²) in [6.07, 6.45) is -2.48. The molecule has 2 N–H and O–H groups in total. The summed E-state index contributed by atoms with van der Waals surface area (Å²) in [7, 11) is 0. The molecule has 0 radical (unpaired) electrons. The molecule has 1 saturated carbocycles. The van der Waals surface area contributed by atoms with Crippen LogP contribution in [-0.4, -0.2) is 28.7 Å². The average molecular weight is 253 g/mol. The molecular weight excluding hydrogens is 239 g/mol. The smallest absolute Gasteiger partial charge is 0.422 e. The maximum Gasteiger partial charge on any atom is 0.422 e. The zero-order valence-electron chi connectivity index (χ0n) is 9.30. The molecule has 0 saturated heterocycles. The van der Waals surface area contributed by atoms with Crippen molar-refractivity contribution >= 4 is 11.9 Å². The molecule has 1 amide bonds. The van der Waals surface area contributed by atoms with E-state index >= 15 is 0 Å². The summed E-state index contributed by atoms with van der Waals surface area (Å²) >= 11 is 0. The Kier molecular flexibility index (Phi) is 3.68. The third-order valence-electron chi connectivity index (χ3n) is 3.08. The number of amides is 1. The van der Waals surface area contributed by atoms with Crippen molar-refractivity contribution in [1.29, 1.82) is 0 Å². The fourth-order valence-corrected chi connectivity index (χ4v) is 1.53. The third-order valence-corrected chi connectivity index (χ3v) is 3.08. The largest absolute Gasteiger partial charge is 0.479 e. The van der Waals surface area contributed by atoms with Gasteiger partial charge in [0.05, 0.1) is 0 Å². The highest BCUT2D eigenvalue weighted by Gasteiger charge is 2.58. The van der Waals surface area contributed by atoms with Crippen LogP contribution in [0.4, 0.5) is 13.2 Å². The van der Waals surface area contributed by atoms with Gasteiger partial charge in [0.1, 0.15) is 0 Å². The molecule has 0 spiro atoms. The van der Waals surface area contributed by atoms with Crippen LogP contribution in [0.15, 0.2) is 0 Å². The molecule has 1 rings (SSSR count). The minimum Gasteiger partial charge on any atom is -0.479 e. The van der Waals surface area contributed by atoms with Crippen LogP contribution in [0, 0.1) is 5.92 Å². The Morgan fingerprint density at radius 1 is 1.35 bits per heavy atom. The lowest BCUT2D eigenvalue weighted by molar-refractivity contribution is -0.207. The van der Waals surface area contributed by atoms with Gasteiger partial charge in [-0.25, -0.2) is 4.79 Å². The van der Waals surface area contributed by atoms with Gasteiger partial charge in [-0.05, 0) is 25.7 Å². The monoisotopic (exact) mass is 253 g/mol. The normalized spacial score (nSPS) is 20.2. The molecule has 98 valence electrons. The van der Waals surface area contributed by atoms with Crippen molar-refractivity contribution in [3.8, 4) is 0 Å². The lowest BCUT2D eigenvalue weighted by atomic mass is 9.82. The van der Waals surface area contributed by atoms with Crippen molar-refractivity contribution in [3.63, 3.8) is 0 Å². The lowest BCUT2D eigenvalue weighted by Crippen LogP contribution is -2.62. The van der Waals surface area contributed by atoms with Gasteiger partial charge in [-0.2, -0.15) is 13.2 Å². The number of carbonyl (C=O) groups excluding carboxylic acids is 1. The number of halogens is 3. The van der Waals surface area contributed by atoms with E-state index in [0.717, 1.165) is 19.3 Å². The molecule has 1 aliphatic carbocycles. The molecule has 17 heavy (non-hydrogen) atoms. The predicted octanol–water partition coefficient (Wildman–Crippen LogP) is 1.70. The second kappa shape index (κ2) is 4.54. The number of nitrogens with one attached hydrogen (secondary N) is 1. The quantitative estimate of drug-likeness (QED) is 0.801. The van der Waals surface area contributed by atoms with Crippen molar-refractivity contribution in [3.05, 3.63) is 0 Å². The third kappa shape index (κ3) is 2.89. The number of hydrogen-bond donors (Lipinski definition) is 2. The first-order chi connectivity index (χ1) is 7.67. The lowest BCUT2D eigenvalue weighted by Gasteiger charge is -2.30. The van der Waals surface area contributed by atoms with E-state index in [9.17, 15) is 22.8 Å². The summed E-state index contributed by atoms with van der Waals surface area (Å²) < 4.78 is 37.7. The Balaban J connectivity index is 2.66. The molecule has 4 nitrogen and oxygen atoms in total. The zero-order chi connectivity index (χ0) is 13.3. The average Bonchev–Trinajstić information content (AvgIpc) is 2.09. The Hall–Kier alpha value is -1.27. The standard InChI is InChI=1S/C10H14F3NO3/c1-9(8(16)17,10(11,12)13)14-7(15)5-6-3-2-4-6/h6H,2-5H2,1H3,(H,14,15)(H,16,17). The van der Waals surface area contributed by atoms with E-state index in [1.807, 2.05) is 0 Å². The number of carboxylic acids is 1. The van der Waals surface area contributed by atoms with E-state index in [1.54, 1.807) is 5.32 Å². The van der Waals surface area contributed by atoms with Crippen LogP contribution in [-0.2, 0) is 9.59 Å². The summed E-state index contributed by atoms with van der Waals surface area (Å²) in [5.74, 6) is -2.88. The Labute approximate surface area is 96.2 Å². The first-order valence-corrected chi connectivity index (χ1v) is 5.28. The molecule has 0 aliphatic heterocycles. The molecule has 1 unspecified atom stereocenters. The highest BCUT2D eigenvalue weighted by Crippen LogP contribution is 2.32. The Bertz CT molecular complexity index is 325. The van der Waals surface area contributed by atoms with Gasteiger partial charge in [0.15, 0.2) is 0 Å². The van der Waals surface area contributed by atoms with Crippen molar-refractivity contribution in [1.82, 2.24) is 5.32 Å². The van der Waals surface area contributed by atoms with Crippen molar-refractivity contribution in [2.75, 3.05) is 0 Å². The van der Waals surface area contributed by atoms with Crippen LogP contribution in [0.1, 0.15) is 32.6 Å². The summed E-state index contributed by atoms with van der Waals surface area (Å²) in [6, 6.07) is 0. The van der Waals surface area contributed by atoms with Crippen LogP contribution >= 0.6 is 0 Å². The van der Waals surface area contributed by atoms with Gasteiger partial charge in [0, 0.05) is 6.42 Å². The number of alkyl halides is 3. The fraction of sp³-hybridized carbons (Fsp3) is 0.800. The van der Waals surface area contributed by atoms with E-state index in [1.165, 1.54) is 0 Å². The van der Waals surface area contributed by atoms with Gasteiger partial charge < -0.3 is 10.4 Å². The minimum atomic E-state index is -5.02. The van der Waals surface area contributed by atoms with Crippen molar-refractivity contribution in [2.45, 2.75) is 44.3 Å². The van der Waals surface area contributed by atoms with Crippen molar-refractivity contribution < 1.29 is 27.9 Å². The molecule has 1 aliphatic rings. The molecule has 1 fully saturated rings. The van der Waals surface area contributed by atoms with Crippen LogP contribution in [0.25, 0.3) is 0 Å². The van der Waals surface area contributed by atoms with Crippen LogP contribution in [0.5, 0.6) is 0 Å². The molecule has 0 heterocycles. The maximum atomic E-state index is 12.6. The van der Waals surface area contributed by atoms with Gasteiger partial charge in [0.25, 0.3) is 0 Å². The fourth-order valence-electron chi connectivity index (χ4n) is 1.53. The number of carboxylic acid groups (broad SMARTS) is 1. The highest BCUT2D eigenvalue weighted by atomic mass is 19.4. The van der Waals surface area contributed by atoms with Gasteiger partial charge >= 0.3 is 12.1 Å². The van der Waals surface area contributed by atoms with E-state index in [0.29, 0.717) is 6.92 Å². The Morgan fingerprint density at radius 3 is 2.18 bits per heavy atom. The van der Waals surface area contributed by atoms with Crippen LogP contribution < -0.4 is 5.32 Å². The summed E-state index contributed by atoms with van der Waals surface area (Å²) in [5.41, 5.74) is -3.21. The number of carbonyl (C=O) groups is 2. The topological polar surface area (TPSA) is 66.4 Å². The highest BCUT2D eigenvalue weighted by molar-refractivity contribution is 5.87. The summed E-state index contributed by atoms with van der Waals surface area (Å²) in [4.78, 5) is 22.0. The minimum absolute atomic E-state index is 0.0427. The zero-order valence-corrected chi connectivity index (χ0v) is 9.30. The molecular formula is C10H14F3NO3. The second-order valence-corrected chi connectivity index (χ2v) is 4.48. The number of aliphatic carboxylic acids is 1. The maximum absolute atomic E-state index is 12.6. The van der Waals surface area contributed by atoms with Crippen LogP contribution in [0.2, 0.25) is 0 Å². The van der Waals surface area contributed by atoms with E-state index in [4.69, 9.17) is 5.11 Å². The first-order valence-electron chi connectivity index (χ1n) is 5.28. The Morgan fingerprint density at radius 2 is 1.88 bits per heavy atom. The first kappa shape index (κ1) is 13.8. The molecule has 0 aromatic heterocycles. The van der Waals surface area contributed by atoms with E-state index < -0.39 is 23.6 Å². The van der Waals surface area contributed by atoms with Crippen molar-refractivity contribution in [2.24, 2.45) is 5.92 Å². The van der Waals surface area contributed by atoms with Gasteiger partial charge in [-0.1, -0.05) is 6.42 Å². The van der Waals surface area contributed by atoms with Gasteiger partial charge in [-0.3, -0.25) is 4.79 Å². The number of rotatable bonds is 4. The van der Waals surface area contributed by atoms with Gasteiger partial charge in [-0.15, -0.1) is 0 Å². The molecule has 0 bridgehead atoms. The predicted molar refractivity (Wildman–Crippen MR) is 52.2 cm³/mol. The van der Waals surface area contributed by atoms with E-state index in [2.05, 4.69) is 0 Å². The molecule has 7 heteroatoms. The molecule has 0 aromatic rings. The summed E-state index contributed by atoms with van der Waals surface area (Å²) in [5, 5.41) is 10.2.